The molecule has 0 atom stereocenters. The molecule has 0 bridgehead atoms. The van der Waals surface area contributed by atoms with Gasteiger partial charge in [0.05, 0.1) is 11.5 Å². The van der Waals surface area contributed by atoms with E-state index in [0.29, 0.717) is 0 Å². The Balaban J connectivity index is 2.16. The first kappa shape index (κ1) is 15.4. The Morgan fingerprint density at radius 3 is 2.50 bits per heavy atom. The number of thiophene rings is 1. The molecule has 1 aliphatic heterocycles. The number of carboxylic acids is 1. The Hall–Kier alpha value is -0.970. The van der Waals surface area contributed by atoms with Gasteiger partial charge in [-0.05, 0) is 24.3 Å². The lowest BCUT2D eigenvalue weighted by Gasteiger charge is -2.22. The van der Waals surface area contributed by atoms with Crippen LogP contribution in [0.3, 0.4) is 0 Å². The number of carboxylic acid groups (broad SMARTS) is 1. The smallest absolute Gasteiger partial charge is 0.347 e. The molecule has 10 heteroatoms. The molecule has 0 spiro atoms. The summed E-state index contributed by atoms with van der Waals surface area (Å²) in [5.41, 5.74) is 0. The van der Waals surface area contributed by atoms with E-state index in [1.807, 2.05) is 0 Å². The van der Waals surface area contributed by atoms with Crippen LogP contribution in [0.5, 0.6) is 0 Å². The third-order valence-corrected chi connectivity index (χ3v) is 7.30. The van der Waals surface area contributed by atoms with Crippen molar-refractivity contribution >= 4 is 37.2 Å². The molecule has 0 unspecified atom stereocenters. The van der Waals surface area contributed by atoms with Gasteiger partial charge in [0.25, 0.3) is 0 Å². The Labute approximate surface area is 120 Å². The average molecular weight is 339 g/mol. The minimum Gasteiger partial charge on any atom is -0.477 e. The van der Waals surface area contributed by atoms with Crippen LogP contribution in [0.4, 0.5) is 0 Å². The molecule has 2 rings (SSSR count). The summed E-state index contributed by atoms with van der Waals surface area (Å²) in [5.74, 6) is -1.42. The summed E-state index contributed by atoms with van der Waals surface area (Å²) < 4.78 is 49.2. The number of sulfonamides is 1. The lowest BCUT2D eigenvalue weighted by molar-refractivity contribution is 0.0698. The molecule has 20 heavy (non-hydrogen) atoms. The van der Waals surface area contributed by atoms with Crippen LogP contribution in [0.2, 0.25) is 0 Å². The quantitative estimate of drug-likeness (QED) is 0.815. The van der Waals surface area contributed by atoms with Crippen molar-refractivity contribution in [2.45, 2.75) is 23.8 Å². The highest BCUT2D eigenvalue weighted by Crippen LogP contribution is 2.23. The maximum absolute atomic E-state index is 12.1. The van der Waals surface area contributed by atoms with Crippen LogP contribution < -0.4 is 4.72 Å². The number of hydrogen-bond donors (Lipinski definition) is 2. The first-order chi connectivity index (χ1) is 9.21. The molecule has 1 saturated heterocycles. The molecule has 2 heterocycles. The lowest BCUT2D eigenvalue weighted by Crippen LogP contribution is -2.41. The topological polar surface area (TPSA) is 118 Å². The average Bonchev–Trinajstić information content (AvgIpc) is 2.82. The van der Waals surface area contributed by atoms with E-state index in [-0.39, 0.29) is 34.1 Å². The fourth-order valence-corrected chi connectivity index (χ4v) is 6.01. The van der Waals surface area contributed by atoms with Gasteiger partial charge in [0.1, 0.15) is 19.6 Å². The van der Waals surface area contributed by atoms with Crippen LogP contribution >= 0.6 is 11.3 Å². The van der Waals surface area contributed by atoms with Gasteiger partial charge in [-0.2, -0.15) is 0 Å². The minimum atomic E-state index is -3.94. The second-order valence-corrected chi connectivity index (χ2v) is 9.37. The fraction of sp³-hybridized carbons (Fsp3) is 0.500. The highest BCUT2D eigenvalue weighted by molar-refractivity contribution is 7.91. The van der Waals surface area contributed by atoms with Crippen LogP contribution in [-0.2, 0) is 19.9 Å². The number of sulfone groups is 1. The molecule has 0 radical (unpaired) electrons. The van der Waals surface area contributed by atoms with E-state index in [4.69, 9.17) is 5.11 Å². The third-order valence-electron chi connectivity index (χ3n) is 2.99. The van der Waals surface area contributed by atoms with E-state index < -0.39 is 31.9 Å². The summed E-state index contributed by atoms with van der Waals surface area (Å²) in [4.78, 5) is 10.4. The van der Waals surface area contributed by atoms with E-state index in [1.54, 1.807) is 0 Å². The van der Waals surface area contributed by atoms with E-state index in [9.17, 15) is 21.6 Å². The molecule has 1 aromatic heterocycles. The number of aromatic carboxylic acids is 1. The molecule has 7 nitrogen and oxygen atoms in total. The van der Waals surface area contributed by atoms with E-state index in [2.05, 4.69) is 4.72 Å². The maximum Gasteiger partial charge on any atom is 0.347 e. The molecule has 2 N–H and O–H groups in total. The van der Waals surface area contributed by atoms with Crippen molar-refractivity contribution in [2.24, 2.45) is 0 Å². The van der Waals surface area contributed by atoms with Crippen molar-refractivity contribution in [3.8, 4) is 0 Å². The molecule has 0 aromatic carbocycles. The van der Waals surface area contributed by atoms with Gasteiger partial charge >= 0.3 is 5.97 Å². The van der Waals surface area contributed by atoms with Crippen molar-refractivity contribution in [2.75, 3.05) is 11.5 Å². The van der Waals surface area contributed by atoms with E-state index in [1.165, 1.54) is 11.4 Å². The van der Waals surface area contributed by atoms with Crippen LogP contribution in [-0.4, -0.2) is 45.5 Å². The van der Waals surface area contributed by atoms with Gasteiger partial charge in [-0.3, -0.25) is 0 Å². The molecule has 1 aliphatic rings. The third kappa shape index (κ3) is 3.37. The van der Waals surface area contributed by atoms with Gasteiger partial charge in [-0.1, -0.05) is 0 Å². The van der Waals surface area contributed by atoms with E-state index >= 15 is 0 Å². The predicted molar refractivity (Wildman–Crippen MR) is 73.3 cm³/mol. The second-order valence-electron chi connectivity index (χ2n) is 4.47. The normalized spacial score (nSPS) is 19.8. The van der Waals surface area contributed by atoms with Crippen molar-refractivity contribution in [1.29, 1.82) is 0 Å². The van der Waals surface area contributed by atoms with Crippen molar-refractivity contribution in [3.05, 3.63) is 16.3 Å². The van der Waals surface area contributed by atoms with E-state index in [0.717, 1.165) is 11.3 Å². The maximum atomic E-state index is 12.1. The lowest BCUT2D eigenvalue weighted by atomic mass is 10.2. The number of rotatable bonds is 4. The summed E-state index contributed by atoms with van der Waals surface area (Å²) in [5, 5.41) is 10.3. The monoisotopic (exact) mass is 339 g/mol. The summed E-state index contributed by atoms with van der Waals surface area (Å²) >= 11 is 0.832. The first-order valence-corrected chi connectivity index (χ1v) is 9.93. The zero-order chi connectivity index (χ0) is 15.0. The van der Waals surface area contributed by atoms with Crippen LogP contribution in [0.1, 0.15) is 22.5 Å². The van der Waals surface area contributed by atoms with Gasteiger partial charge in [-0.15, -0.1) is 11.3 Å². The first-order valence-electron chi connectivity index (χ1n) is 5.75. The SMILES string of the molecule is O=C(O)c1sccc1S(=O)(=O)NC1CCS(=O)(=O)CC1. The number of nitrogens with one attached hydrogen (secondary N) is 1. The van der Waals surface area contributed by atoms with Crippen LogP contribution in [0.25, 0.3) is 0 Å². The van der Waals surface area contributed by atoms with Crippen molar-refractivity contribution in [1.82, 2.24) is 4.72 Å². The number of carbonyl (C=O) groups is 1. The zero-order valence-corrected chi connectivity index (χ0v) is 12.7. The van der Waals surface area contributed by atoms with Crippen molar-refractivity contribution in [3.63, 3.8) is 0 Å². The summed E-state index contributed by atoms with van der Waals surface area (Å²) in [6, 6.07) is 0.751. The minimum absolute atomic E-state index is 0.0599. The summed E-state index contributed by atoms with van der Waals surface area (Å²) in [7, 11) is -7.02. The summed E-state index contributed by atoms with van der Waals surface area (Å²) in [6.07, 6.45) is 0.405. The van der Waals surface area contributed by atoms with Crippen LogP contribution in [0.15, 0.2) is 16.3 Å². The van der Waals surface area contributed by atoms with Crippen LogP contribution in [0, 0.1) is 0 Å². The molecule has 0 saturated carbocycles. The van der Waals surface area contributed by atoms with Gasteiger partial charge in [0.2, 0.25) is 10.0 Å². The molecule has 112 valence electrons. The standard InChI is InChI=1S/C10H13NO6S3/c12-10(13)9-8(1-4-18-9)20(16,17)11-7-2-5-19(14,15)6-3-7/h1,4,7,11H,2-3,5-6H2,(H,12,13). The Bertz CT molecular complexity index is 704. The Kier molecular flexibility index (Phi) is 4.19. The molecule has 0 aliphatic carbocycles. The fourth-order valence-electron chi connectivity index (χ4n) is 1.96. The second kappa shape index (κ2) is 5.43. The Morgan fingerprint density at radius 2 is 1.95 bits per heavy atom. The van der Waals surface area contributed by atoms with Gasteiger partial charge < -0.3 is 5.11 Å². The largest absolute Gasteiger partial charge is 0.477 e. The van der Waals surface area contributed by atoms with Crippen molar-refractivity contribution < 1.29 is 26.7 Å². The molecular formula is C10H13NO6S3. The molecular weight excluding hydrogens is 326 g/mol. The molecule has 1 fully saturated rings. The van der Waals surface area contributed by atoms with Gasteiger partial charge in [0, 0.05) is 6.04 Å². The Morgan fingerprint density at radius 1 is 1.35 bits per heavy atom. The highest BCUT2D eigenvalue weighted by atomic mass is 32.2. The zero-order valence-electron chi connectivity index (χ0n) is 10.3. The van der Waals surface area contributed by atoms with Gasteiger partial charge in [0.15, 0.2) is 0 Å². The number of hydrogen-bond acceptors (Lipinski definition) is 6. The van der Waals surface area contributed by atoms with Gasteiger partial charge in [-0.25, -0.2) is 26.4 Å². The summed E-state index contributed by atoms with van der Waals surface area (Å²) in [6.45, 7) is 0. The predicted octanol–water partition coefficient (Wildman–Crippen LogP) is 0.302. The molecule has 1 aromatic rings. The highest BCUT2D eigenvalue weighted by Gasteiger charge is 2.30. The molecule has 0 amide bonds.